The fourth-order valence-electron chi connectivity index (χ4n) is 1.42. The summed E-state index contributed by atoms with van der Waals surface area (Å²) < 4.78 is 5.11. The van der Waals surface area contributed by atoms with Gasteiger partial charge < -0.3 is 4.74 Å². The van der Waals surface area contributed by atoms with Crippen LogP contribution in [0.3, 0.4) is 0 Å². The number of nitrogens with one attached hydrogen (secondary N) is 1. The number of hydrogen-bond acceptors (Lipinski definition) is 4. The van der Waals surface area contributed by atoms with Crippen LogP contribution in [0.4, 0.5) is 0 Å². The van der Waals surface area contributed by atoms with Gasteiger partial charge in [-0.2, -0.15) is 11.8 Å². The van der Waals surface area contributed by atoms with E-state index in [1.54, 1.807) is 7.11 Å². The lowest BCUT2D eigenvalue weighted by Crippen LogP contribution is -2.28. The number of nitrogens with two attached hydrogens (primary N) is 1. The molecule has 0 aliphatic carbocycles. The first-order valence-corrected chi connectivity index (χ1v) is 6.30. The third kappa shape index (κ3) is 3.74. The van der Waals surface area contributed by atoms with Crippen molar-refractivity contribution in [2.45, 2.75) is 12.5 Å². The Kier molecular flexibility index (Phi) is 5.53. The van der Waals surface area contributed by atoms with Crippen LogP contribution in [0.1, 0.15) is 18.0 Å². The molecule has 3 nitrogen and oxygen atoms in total. The SMILES string of the molecule is COc1ccc(C(CCSC)NN)cc1. The smallest absolute Gasteiger partial charge is 0.118 e. The van der Waals surface area contributed by atoms with E-state index in [-0.39, 0.29) is 6.04 Å². The number of methoxy groups -OCH3 is 1. The van der Waals surface area contributed by atoms with Crippen LogP contribution in [0.5, 0.6) is 5.75 Å². The summed E-state index contributed by atoms with van der Waals surface area (Å²) in [5.41, 5.74) is 4.04. The van der Waals surface area contributed by atoms with Crippen LogP contribution in [-0.4, -0.2) is 19.1 Å². The van der Waals surface area contributed by atoms with E-state index in [1.807, 2.05) is 36.0 Å². The molecule has 0 fully saturated rings. The standard InChI is InChI=1S/C11H18N2OS/c1-14-10-5-3-9(4-6-10)11(13-12)7-8-15-2/h3-6,11,13H,7-8,12H2,1-2H3. The summed E-state index contributed by atoms with van der Waals surface area (Å²) in [6, 6.07) is 8.23. The number of hydrazine groups is 1. The average molecular weight is 226 g/mol. The quantitative estimate of drug-likeness (QED) is 0.575. The molecule has 0 aliphatic heterocycles. The maximum Gasteiger partial charge on any atom is 0.118 e. The Labute approximate surface area is 95.4 Å². The van der Waals surface area contributed by atoms with Crippen LogP contribution < -0.4 is 16.0 Å². The predicted octanol–water partition coefficient (Wildman–Crippen LogP) is 1.95. The first-order valence-electron chi connectivity index (χ1n) is 4.90. The molecule has 0 saturated heterocycles. The van der Waals surface area contributed by atoms with Crippen molar-refractivity contribution in [3.63, 3.8) is 0 Å². The van der Waals surface area contributed by atoms with Crippen LogP contribution in [-0.2, 0) is 0 Å². The summed E-state index contributed by atoms with van der Waals surface area (Å²) in [6.07, 6.45) is 3.13. The first-order chi connectivity index (χ1) is 7.31. The molecule has 0 radical (unpaired) electrons. The third-order valence-electron chi connectivity index (χ3n) is 2.33. The highest BCUT2D eigenvalue weighted by Crippen LogP contribution is 2.20. The molecule has 15 heavy (non-hydrogen) atoms. The molecule has 3 N–H and O–H groups in total. The van der Waals surface area contributed by atoms with Gasteiger partial charge in [-0.1, -0.05) is 12.1 Å². The largest absolute Gasteiger partial charge is 0.497 e. The fourth-order valence-corrected chi connectivity index (χ4v) is 1.89. The molecule has 1 atom stereocenters. The first kappa shape index (κ1) is 12.4. The minimum absolute atomic E-state index is 0.225. The van der Waals surface area contributed by atoms with Gasteiger partial charge in [-0.25, -0.2) is 0 Å². The summed E-state index contributed by atoms with van der Waals surface area (Å²) in [5.74, 6) is 7.50. The molecular formula is C11H18N2OS. The normalized spacial score (nSPS) is 12.5. The van der Waals surface area contributed by atoms with Crippen LogP contribution in [0.25, 0.3) is 0 Å². The zero-order valence-corrected chi connectivity index (χ0v) is 10.0. The van der Waals surface area contributed by atoms with Gasteiger partial charge in [0.1, 0.15) is 5.75 Å². The van der Waals surface area contributed by atoms with E-state index >= 15 is 0 Å². The van der Waals surface area contributed by atoms with E-state index in [2.05, 4.69) is 11.7 Å². The molecule has 1 aromatic rings. The molecule has 0 heterocycles. The van der Waals surface area contributed by atoms with Crippen molar-refractivity contribution >= 4 is 11.8 Å². The molecule has 0 amide bonds. The molecule has 0 saturated carbocycles. The van der Waals surface area contributed by atoms with Crippen molar-refractivity contribution in [1.29, 1.82) is 0 Å². The van der Waals surface area contributed by atoms with Crippen molar-refractivity contribution < 1.29 is 4.74 Å². The van der Waals surface area contributed by atoms with Crippen LogP contribution in [0.2, 0.25) is 0 Å². The second kappa shape index (κ2) is 6.71. The number of hydrogen-bond donors (Lipinski definition) is 2. The van der Waals surface area contributed by atoms with Gasteiger partial charge in [-0.05, 0) is 36.1 Å². The highest BCUT2D eigenvalue weighted by atomic mass is 32.2. The Balaban J connectivity index is 2.65. The van der Waals surface area contributed by atoms with E-state index in [0.29, 0.717) is 0 Å². The summed E-state index contributed by atoms with van der Waals surface area (Å²) in [6.45, 7) is 0. The van der Waals surface area contributed by atoms with E-state index in [9.17, 15) is 0 Å². The Morgan fingerprint density at radius 3 is 2.53 bits per heavy atom. The average Bonchev–Trinajstić information content (AvgIpc) is 2.31. The van der Waals surface area contributed by atoms with Gasteiger partial charge in [0, 0.05) is 6.04 Å². The van der Waals surface area contributed by atoms with E-state index in [1.165, 1.54) is 5.56 Å². The van der Waals surface area contributed by atoms with Gasteiger partial charge >= 0.3 is 0 Å². The highest BCUT2D eigenvalue weighted by molar-refractivity contribution is 7.98. The lowest BCUT2D eigenvalue weighted by Gasteiger charge is -2.15. The molecular weight excluding hydrogens is 208 g/mol. The van der Waals surface area contributed by atoms with Crippen LogP contribution in [0.15, 0.2) is 24.3 Å². The molecule has 1 unspecified atom stereocenters. The molecule has 1 aromatic carbocycles. The maximum atomic E-state index is 5.53. The molecule has 0 aliphatic rings. The maximum absolute atomic E-state index is 5.53. The van der Waals surface area contributed by atoms with Gasteiger partial charge in [-0.15, -0.1) is 0 Å². The van der Waals surface area contributed by atoms with Crippen molar-refractivity contribution in [2.75, 3.05) is 19.1 Å². The molecule has 0 aromatic heterocycles. The summed E-state index contributed by atoms with van der Waals surface area (Å²) in [5, 5.41) is 0. The van der Waals surface area contributed by atoms with Gasteiger partial charge in [0.2, 0.25) is 0 Å². The van der Waals surface area contributed by atoms with Crippen molar-refractivity contribution in [1.82, 2.24) is 5.43 Å². The minimum atomic E-state index is 0.225. The molecule has 1 rings (SSSR count). The summed E-state index contributed by atoms with van der Waals surface area (Å²) in [7, 11) is 1.67. The van der Waals surface area contributed by atoms with Crippen molar-refractivity contribution in [2.24, 2.45) is 5.84 Å². The molecule has 0 spiro atoms. The summed E-state index contributed by atoms with van der Waals surface area (Å²) in [4.78, 5) is 0. The van der Waals surface area contributed by atoms with Crippen molar-refractivity contribution in [3.8, 4) is 5.75 Å². The van der Waals surface area contributed by atoms with Gasteiger partial charge in [-0.3, -0.25) is 11.3 Å². The molecule has 84 valence electrons. The predicted molar refractivity (Wildman–Crippen MR) is 66.1 cm³/mol. The fraction of sp³-hybridized carbons (Fsp3) is 0.455. The highest BCUT2D eigenvalue weighted by Gasteiger charge is 2.08. The zero-order valence-electron chi connectivity index (χ0n) is 9.19. The number of ether oxygens (including phenoxy) is 1. The Bertz CT molecular complexity index is 276. The van der Waals surface area contributed by atoms with Crippen molar-refractivity contribution in [3.05, 3.63) is 29.8 Å². The van der Waals surface area contributed by atoms with Crippen LogP contribution in [0, 0.1) is 0 Å². The number of thioether (sulfide) groups is 1. The Morgan fingerprint density at radius 1 is 1.40 bits per heavy atom. The topological polar surface area (TPSA) is 47.3 Å². The third-order valence-corrected chi connectivity index (χ3v) is 2.97. The molecule has 0 bridgehead atoms. The monoisotopic (exact) mass is 226 g/mol. The zero-order chi connectivity index (χ0) is 11.1. The van der Waals surface area contributed by atoms with Crippen LogP contribution >= 0.6 is 11.8 Å². The van der Waals surface area contributed by atoms with Gasteiger partial charge in [0.15, 0.2) is 0 Å². The minimum Gasteiger partial charge on any atom is -0.497 e. The Morgan fingerprint density at radius 2 is 2.07 bits per heavy atom. The lowest BCUT2D eigenvalue weighted by molar-refractivity contribution is 0.414. The van der Waals surface area contributed by atoms with E-state index in [4.69, 9.17) is 10.6 Å². The van der Waals surface area contributed by atoms with Gasteiger partial charge in [0.05, 0.1) is 7.11 Å². The van der Waals surface area contributed by atoms with E-state index < -0.39 is 0 Å². The molecule has 4 heteroatoms. The summed E-state index contributed by atoms with van der Waals surface area (Å²) >= 11 is 1.83. The number of rotatable bonds is 6. The Hall–Kier alpha value is -0.710. The van der Waals surface area contributed by atoms with E-state index in [0.717, 1.165) is 17.9 Å². The number of benzene rings is 1. The lowest BCUT2D eigenvalue weighted by atomic mass is 10.1. The van der Waals surface area contributed by atoms with Gasteiger partial charge in [0.25, 0.3) is 0 Å². The second-order valence-corrected chi connectivity index (χ2v) is 4.26. The second-order valence-electron chi connectivity index (χ2n) is 3.27.